The van der Waals surface area contributed by atoms with Crippen molar-refractivity contribution in [2.45, 2.75) is 40.2 Å². The van der Waals surface area contributed by atoms with Crippen LogP contribution in [0.2, 0.25) is 0 Å². The van der Waals surface area contributed by atoms with E-state index in [0.717, 1.165) is 13.1 Å². The summed E-state index contributed by atoms with van der Waals surface area (Å²) < 4.78 is 0.160. The number of hydroxylamine groups is 3. The average Bonchev–Trinajstić information content (AvgIpc) is 1.84. The molecule has 0 atom stereocenters. The molecule has 0 unspecified atom stereocenters. The standard InChI is InChI=1S/C8H20NO/c1-6-9(10,7-2)8(3,4)5/h10H,6-7H2,1-5H3/q+1. The summed E-state index contributed by atoms with van der Waals surface area (Å²) in [6, 6.07) is 0. The molecule has 1 N–H and O–H groups in total. The predicted octanol–water partition coefficient (Wildman–Crippen LogP) is 2.03. The molecule has 0 aromatic heterocycles. The van der Waals surface area contributed by atoms with Gasteiger partial charge < -0.3 is 0 Å². The zero-order valence-electron chi connectivity index (χ0n) is 7.81. The Balaban J connectivity index is 4.33. The zero-order chi connectivity index (χ0) is 8.41. The maximum Gasteiger partial charge on any atom is 0.120 e. The molecule has 0 bridgehead atoms. The maximum absolute atomic E-state index is 9.90. The second-order valence-electron chi connectivity index (χ2n) is 3.73. The third-order valence-corrected chi connectivity index (χ3v) is 2.29. The summed E-state index contributed by atoms with van der Waals surface area (Å²) in [6.45, 7) is 11.7. The molecule has 0 aliphatic rings. The fourth-order valence-corrected chi connectivity index (χ4v) is 1.17. The van der Waals surface area contributed by atoms with Gasteiger partial charge in [0, 0.05) is 0 Å². The van der Waals surface area contributed by atoms with Crippen LogP contribution in [0.25, 0.3) is 0 Å². The summed E-state index contributed by atoms with van der Waals surface area (Å²) in [4.78, 5) is 0. The normalized spacial score (nSPS) is 13.8. The maximum atomic E-state index is 9.90. The first-order chi connectivity index (χ1) is 4.37. The van der Waals surface area contributed by atoms with Gasteiger partial charge in [-0.15, -0.1) is 0 Å². The van der Waals surface area contributed by atoms with Crippen molar-refractivity contribution in [1.82, 2.24) is 0 Å². The van der Waals surface area contributed by atoms with Crippen molar-refractivity contribution in [2.75, 3.05) is 13.1 Å². The first-order valence-electron chi connectivity index (χ1n) is 3.97. The quantitative estimate of drug-likeness (QED) is 0.467. The lowest BCUT2D eigenvalue weighted by molar-refractivity contribution is -1.13. The van der Waals surface area contributed by atoms with E-state index in [0.29, 0.717) is 0 Å². The highest BCUT2D eigenvalue weighted by molar-refractivity contribution is 4.58. The van der Waals surface area contributed by atoms with Crippen LogP contribution in [-0.4, -0.2) is 28.5 Å². The summed E-state index contributed by atoms with van der Waals surface area (Å²) in [5.41, 5.74) is -0.0521. The van der Waals surface area contributed by atoms with Gasteiger partial charge in [0.15, 0.2) is 0 Å². The summed E-state index contributed by atoms with van der Waals surface area (Å²) in [5, 5.41) is 9.90. The van der Waals surface area contributed by atoms with Gasteiger partial charge in [-0.2, -0.15) is 4.65 Å². The molecule has 0 saturated carbocycles. The summed E-state index contributed by atoms with van der Waals surface area (Å²) in [5.74, 6) is 0. The van der Waals surface area contributed by atoms with Gasteiger partial charge in [-0.1, -0.05) is 0 Å². The van der Waals surface area contributed by atoms with Gasteiger partial charge in [-0.3, -0.25) is 0 Å². The summed E-state index contributed by atoms with van der Waals surface area (Å²) in [7, 11) is 0. The van der Waals surface area contributed by atoms with Crippen LogP contribution < -0.4 is 0 Å². The van der Waals surface area contributed by atoms with E-state index in [1.54, 1.807) is 0 Å². The Morgan fingerprint density at radius 3 is 1.40 bits per heavy atom. The Bertz CT molecular complexity index is 100. The fraction of sp³-hybridized carbons (Fsp3) is 1.00. The minimum absolute atomic E-state index is 0.0521. The van der Waals surface area contributed by atoms with E-state index in [4.69, 9.17) is 0 Å². The van der Waals surface area contributed by atoms with Gasteiger partial charge >= 0.3 is 0 Å². The molecule has 0 saturated heterocycles. The summed E-state index contributed by atoms with van der Waals surface area (Å²) in [6.07, 6.45) is 0. The van der Waals surface area contributed by atoms with Crippen LogP contribution >= 0.6 is 0 Å². The van der Waals surface area contributed by atoms with Gasteiger partial charge in [0.25, 0.3) is 0 Å². The Hall–Kier alpha value is -0.0800. The molecule has 0 aliphatic carbocycles. The molecular formula is C8H20NO+. The van der Waals surface area contributed by atoms with E-state index in [1.165, 1.54) is 0 Å². The number of nitrogens with zero attached hydrogens (tertiary/aromatic N) is 1. The molecule has 0 fully saturated rings. The van der Waals surface area contributed by atoms with Crippen molar-refractivity contribution in [3.05, 3.63) is 0 Å². The third-order valence-electron chi connectivity index (χ3n) is 2.29. The van der Waals surface area contributed by atoms with Crippen molar-refractivity contribution in [3.8, 4) is 0 Å². The Morgan fingerprint density at radius 2 is 1.40 bits per heavy atom. The number of hydrogen-bond acceptors (Lipinski definition) is 1. The van der Waals surface area contributed by atoms with Crippen LogP contribution in [0, 0.1) is 0 Å². The molecule has 0 aromatic rings. The van der Waals surface area contributed by atoms with Gasteiger partial charge in [-0.25, -0.2) is 5.21 Å². The van der Waals surface area contributed by atoms with Crippen molar-refractivity contribution in [3.63, 3.8) is 0 Å². The van der Waals surface area contributed by atoms with Crippen molar-refractivity contribution < 1.29 is 9.85 Å². The van der Waals surface area contributed by atoms with Crippen LogP contribution in [0.4, 0.5) is 0 Å². The van der Waals surface area contributed by atoms with Crippen LogP contribution in [0.1, 0.15) is 34.6 Å². The first-order valence-corrected chi connectivity index (χ1v) is 3.97. The lowest BCUT2D eigenvalue weighted by atomic mass is 10.1. The lowest BCUT2D eigenvalue weighted by Crippen LogP contribution is -2.57. The highest BCUT2D eigenvalue weighted by atomic mass is 16.5. The number of quaternary nitrogens is 1. The topological polar surface area (TPSA) is 20.2 Å². The van der Waals surface area contributed by atoms with E-state index in [9.17, 15) is 5.21 Å². The Morgan fingerprint density at radius 1 is 1.10 bits per heavy atom. The van der Waals surface area contributed by atoms with Crippen molar-refractivity contribution >= 4 is 0 Å². The molecule has 2 nitrogen and oxygen atoms in total. The molecule has 0 heterocycles. The van der Waals surface area contributed by atoms with Crippen molar-refractivity contribution in [2.24, 2.45) is 0 Å². The smallest absolute Gasteiger partial charge is 0.120 e. The number of hydrogen-bond donors (Lipinski definition) is 1. The molecule has 0 radical (unpaired) electrons. The molecule has 0 rings (SSSR count). The SMILES string of the molecule is CC[N+](O)(CC)C(C)(C)C. The highest BCUT2D eigenvalue weighted by Crippen LogP contribution is 2.20. The van der Waals surface area contributed by atoms with E-state index >= 15 is 0 Å². The second kappa shape index (κ2) is 2.89. The van der Waals surface area contributed by atoms with Crippen LogP contribution in [-0.2, 0) is 0 Å². The largest absolute Gasteiger partial charge is 0.217 e. The van der Waals surface area contributed by atoms with Crippen LogP contribution in [0.15, 0.2) is 0 Å². The van der Waals surface area contributed by atoms with E-state index in [-0.39, 0.29) is 10.2 Å². The van der Waals surface area contributed by atoms with Crippen LogP contribution in [0.5, 0.6) is 0 Å². The van der Waals surface area contributed by atoms with E-state index < -0.39 is 0 Å². The average molecular weight is 146 g/mol. The first kappa shape index (κ1) is 9.92. The molecule has 0 aliphatic heterocycles. The summed E-state index contributed by atoms with van der Waals surface area (Å²) >= 11 is 0. The molecule has 62 valence electrons. The molecule has 2 heteroatoms. The fourth-order valence-electron chi connectivity index (χ4n) is 1.17. The molecule has 10 heavy (non-hydrogen) atoms. The minimum Gasteiger partial charge on any atom is -0.217 e. The molecule has 0 aromatic carbocycles. The lowest BCUT2D eigenvalue weighted by Gasteiger charge is -2.39. The van der Waals surface area contributed by atoms with E-state index in [2.05, 4.69) is 20.8 Å². The van der Waals surface area contributed by atoms with Gasteiger partial charge in [0.05, 0.1) is 0 Å². The Kier molecular flexibility index (Phi) is 2.86. The monoisotopic (exact) mass is 146 g/mol. The predicted molar refractivity (Wildman–Crippen MR) is 42.9 cm³/mol. The van der Waals surface area contributed by atoms with Crippen molar-refractivity contribution in [1.29, 1.82) is 0 Å². The molecular weight excluding hydrogens is 126 g/mol. The molecule has 0 amide bonds. The third kappa shape index (κ3) is 1.70. The van der Waals surface area contributed by atoms with E-state index in [1.807, 2.05) is 13.8 Å². The Labute approximate surface area is 64.0 Å². The highest BCUT2D eigenvalue weighted by Gasteiger charge is 2.36. The van der Waals surface area contributed by atoms with Gasteiger partial charge in [0.1, 0.15) is 18.6 Å². The molecule has 0 spiro atoms. The van der Waals surface area contributed by atoms with Gasteiger partial charge in [0.2, 0.25) is 0 Å². The van der Waals surface area contributed by atoms with Crippen LogP contribution in [0.3, 0.4) is 0 Å². The number of rotatable bonds is 2. The second-order valence-corrected chi connectivity index (χ2v) is 3.73. The zero-order valence-corrected chi connectivity index (χ0v) is 7.81. The van der Waals surface area contributed by atoms with Gasteiger partial charge in [-0.05, 0) is 34.6 Å². The minimum atomic E-state index is -0.0521.